The van der Waals surface area contributed by atoms with Crippen molar-refractivity contribution in [2.45, 2.75) is 50.2 Å². The van der Waals surface area contributed by atoms with E-state index in [-0.39, 0.29) is 0 Å². The molecule has 1 aliphatic carbocycles. The molecule has 2 atom stereocenters. The lowest BCUT2D eigenvalue weighted by atomic mass is 9.83. The summed E-state index contributed by atoms with van der Waals surface area (Å²) in [7, 11) is -1.42. The molecule has 21 heavy (non-hydrogen) atoms. The summed E-state index contributed by atoms with van der Waals surface area (Å²) >= 11 is 0. The largest absolute Gasteiger partial charge is 0.0842 e. The van der Waals surface area contributed by atoms with Gasteiger partial charge in [0, 0.05) is 0 Å². The molecule has 110 valence electrons. The zero-order chi connectivity index (χ0) is 14.7. The van der Waals surface area contributed by atoms with Crippen molar-refractivity contribution < 1.29 is 0 Å². The Labute approximate surface area is 130 Å². The van der Waals surface area contributed by atoms with Crippen molar-refractivity contribution in [1.29, 1.82) is 0 Å². The average Bonchev–Trinajstić information content (AvgIpc) is 2.56. The van der Waals surface area contributed by atoms with E-state index in [1.54, 1.807) is 10.8 Å². The Bertz CT molecular complexity index is 559. The lowest BCUT2D eigenvalue weighted by molar-refractivity contribution is 0.434. The number of benzene rings is 2. The van der Waals surface area contributed by atoms with Gasteiger partial charge in [0.25, 0.3) is 0 Å². The van der Waals surface area contributed by atoms with Crippen molar-refractivity contribution in [2.24, 2.45) is 0 Å². The molecule has 2 aromatic carbocycles. The van der Waals surface area contributed by atoms with E-state index in [0.717, 1.165) is 11.5 Å². The van der Waals surface area contributed by atoms with E-state index in [1.165, 1.54) is 25.7 Å². The Balaban J connectivity index is 1.94. The summed E-state index contributed by atoms with van der Waals surface area (Å²) in [4.78, 5) is 0. The van der Waals surface area contributed by atoms with Gasteiger partial charge in [-0.15, -0.1) is 0 Å². The van der Waals surface area contributed by atoms with Crippen molar-refractivity contribution in [3.63, 3.8) is 0 Å². The summed E-state index contributed by atoms with van der Waals surface area (Å²) in [5.74, 6) is 0.766. The van der Waals surface area contributed by atoms with Crippen LogP contribution in [0.1, 0.15) is 37.2 Å². The topological polar surface area (TPSA) is 0 Å². The maximum atomic E-state index is 2.58. The normalized spacial score (nSPS) is 23.0. The van der Waals surface area contributed by atoms with Crippen LogP contribution in [-0.4, -0.2) is 8.07 Å². The van der Waals surface area contributed by atoms with E-state index in [9.17, 15) is 0 Å². The van der Waals surface area contributed by atoms with Crippen LogP contribution in [0.15, 0.2) is 60.7 Å². The molecule has 0 saturated heterocycles. The highest BCUT2D eigenvalue weighted by Gasteiger charge is 2.40. The third-order valence-corrected chi connectivity index (χ3v) is 9.80. The van der Waals surface area contributed by atoms with Crippen LogP contribution in [0.3, 0.4) is 0 Å². The van der Waals surface area contributed by atoms with Gasteiger partial charge in [0.1, 0.15) is 0 Å². The van der Waals surface area contributed by atoms with Crippen LogP contribution in [0.25, 0.3) is 0 Å². The van der Waals surface area contributed by atoms with Crippen LogP contribution < -0.4 is 5.19 Å². The fourth-order valence-corrected chi connectivity index (χ4v) is 7.95. The third-order valence-electron chi connectivity index (χ3n) is 5.44. The molecule has 0 nitrogen and oxygen atoms in total. The first-order chi connectivity index (χ1) is 10.2. The summed E-state index contributed by atoms with van der Waals surface area (Å²) in [5.41, 5.74) is 2.44. The summed E-state index contributed by atoms with van der Waals surface area (Å²) in [6.07, 6.45) is 5.60. The number of rotatable bonds is 3. The van der Waals surface area contributed by atoms with Gasteiger partial charge < -0.3 is 0 Å². The van der Waals surface area contributed by atoms with E-state index >= 15 is 0 Å². The molecule has 1 saturated carbocycles. The number of hydrogen-bond donors (Lipinski definition) is 0. The highest BCUT2D eigenvalue weighted by atomic mass is 28.3. The van der Waals surface area contributed by atoms with Gasteiger partial charge in [-0.2, -0.15) is 0 Å². The minimum absolute atomic E-state index is 0.766. The molecule has 0 amide bonds. The van der Waals surface area contributed by atoms with E-state index < -0.39 is 8.07 Å². The molecular formula is C20H26Si. The van der Waals surface area contributed by atoms with Gasteiger partial charge in [0.15, 0.2) is 0 Å². The molecule has 1 heteroatoms. The first kappa shape index (κ1) is 14.6. The first-order valence-corrected chi connectivity index (χ1v) is 11.4. The summed E-state index contributed by atoms with van der Waals surface area (Å²) < 4.78 is 0. The highest BCUT2D eigenvalue weighted by molar-refractivity contribution is 6.91. The average molecular weight is 295 g/mol. The molecule has 0 unspecified atom stereocenters. The van der Waals surface area contributed by atoms with Gasteiger partial charge in [-0.1, -0.05) is 98.2 Å². The second-order valence-corrected chi connectivity index (χ2v) is 11.8. The zero-order valence-electron chi connectivity index (χ0n) is 13.3. The summed E-state index contributed by atoms with van der Waals surface area (Å²) in [6.45, 7) is 5.16. The van der Waals surface area contributed by atoms with Crippen LogP contribution in [0.5, 0.6) is 0 Å². The zero-order valence-corrected chi connectivity index (χ0v) is 14.3. The van der Waals surface area contributed by atoms with Crippen LogP contribution in [0.4, 0.5) is 0 Å². The predicted octanol–water partition coefficient (Wildman–Crippen LogP) is 5.33. The molecule has 0 aliphatic heterocycles. The Morgan fingerprint density at radius 1 is 0.762 bits per heavy atom. The van der Waals surface area contributed by atoms with Crippen molar-refractivity contribution in [3.05, 3.63) is 66.2 Å². The van der Waals surface area contributed by atoms with Gasteiger partial charge in [-0.3, -0.25) is 0 Å². The fourth-order valence-electron chi connectivity index (χ4n) is 4.18. The Morgan fingerprint density at radius 3 is 2.00 bits per heavy atom. The molecule has 2 aromatic rings. The minimum atomic E-state index is -1.42. The Morgan fingerprint density at radius 2 is 1.33 bits per heavy atom. The van der Waals surface area contributed by atoms with E-state index in [0.29, 0.717) is 0 Å². The van der Waals surface area contributed by atoms with E-state index in [2.05, 4.69) is 73.8 Å². The fraction of sp³-hybridized carbons (Fsp3) is 0.400. The third kappa shape index (κ3) is 2.98. The van der Waals surface area contributed by atoms with E-state index in [1.807, 2.05) is 0 Å². The lowest BCUT2D eigenvalue weighted by Gasteiger charge is -2.42. The SMILES string of the molecule is C[Si](C)(c1ccccc1)[C@H]1CCCC[C@@H]1c1ccccc1. The van der Waals surface area contributed by atoms with Gasteiger partial charge in [-0.25, -0.2) is 0 Å². The van der Waals surface area contributed by atoms with E-state index in [4.69, 9.17) is 0 Å². The molecular weight excluding hydrogens is 268 g/mol. The lowest BCUT2D eigenvalue weighted by Crippen LogP contribution is -2.48. The Hall–Kier alpha value is -1.34. The van der Waals surface area contributed by atoms with Crippen LogP contribution >= 0.6 is 0 Å². The van der Waals surface area contributed by atoms with Gasteiger partial charge >= 0.3 is 0 Å². The molecule has 1 aliphatic rings. The monoisotopic (exact) mass is 294 g/mol. The van der Waals surface area contributed by atoms with Crippen LogP contribution in [0.2, 0.25) is 18.6 Å². The second kappa shape index (κ2) is 6.19. The second-order valence-electron chi connectivity index (χ2n) is 7.00. The predicted molar refractivity (Wildman–Crippen MR) is 95.0 cm³/mol. The smallest absolute Gasteiger partial charge is 0.0652 e. The van der Waals surface area contributed by atoms with Crippen molar-refractivity contribution in [3.8, 4) is 0 Å². The maximum Gasteiger partial charge on any atom is 0.0842 e. The highest BCUT2D eigenvalue weighted by Crippen LogP contribution is 2.46. The van der Waals surface area contributed by atoms with Crippen molar-refractivity contribution in [2.75, 3.05) is 0 Å². The summed E-state index contributed by atoms with van der Waals surface area (Å²) in [6, 6.07) is 22.5. The van der Waals surface area contributed by atoms with Crippen molar-refractivity contribution in [1.82, 2.24) is 0 Å². The first-order valence-electron chi connectivity index (χ1n) is 8.30. The molecule has 0 aromatic heterocycles. The molecule has 0 heterocycles. The molecule has 0 bridgehead atoms. The van der Waals surface area contributed by atoms with Gasteiger partial charge in [0.05, 0.1) is 8.07 Å². The molecule has 3 rings (SSSR count). The number of hydrogen-bond acceptors (Lipinski definition) is 0. The molecule has 0 spiro atoms. The van der Waals surface area contributed by atoms with Gasteiger partial charge in [-0.05, 0) is 23.4 Å². The Kier molecular flexibility index (Phi) is 4.30. The molecule has 0 radical (unpaired) electrons. The molecule has 0 N–H and O–H groups in total. The van der Waals surface area contributed by atoms with Crippen LogP contribution in [-0.2, 0) is 0 Å². The minimum Gasteiger partial charge on any atom is -0.0652 e. The standard InChI is InChI=1S/C20H26Si/c1-21(2,18-13-7-4-8-14-18)20-16-10-9-15-19(20)17-11-5-3-6-12-17/h3-8,11-14,19-20H,9-10,15-16H2,1-2H3/t19-,20+/m1/s1. The summed E-state index contributed by atoms with van der Waals surface area (Å²) in [5, 5.41) is 1.62. The van der Waals surface area contributed by atoms with Crippen molar-refractivity contribution >= 4 is 13.3 Å². The maximum absolute atomic E-state index is 2.58. The van der Waals surface area contributed by atoms with Crippen LogP contribution in [0, 0.1) is 0 Å². The van der Waals surface area contributed by atoms with Gasteiger partial charge in [0.2, 0.25) is 0 Å². The molecule has 1 fully saturated rings. The quantitative estimate of drug-likeness (QED) is 0.671.